The third-order valence-electron chi connectivity index (χ3n) is 4.70. The number of halogens is 2. The minimum Gasteiger partial charge on any atom is -0.308 e. The molecule has 5 nitrogen and oxygen atoms in total. The molecule has 1 aliphatic heterocycles. The largest absolute Gasteiger partial charge is 0.308 e. The zero-order valence-electron chi connectivity index (χ0n) is 15.1. The van der Waals surface area contributed by atoms with Crippen LogP contribution in [0.15, 0.2) is 71.6 Å². The van der Waals surface area contributed by atoms with E-state index in [1.807, 2.05) is 24.3 Å². The van der Waals surface area contributed by atoms with Gasteiger partial charge in [-0.05, 0) is 60.5 Å². The number of carbonyl (C=O) groups is 1. The van der Waals surface area contributed by atoms with Crippen molar-refractivity contribution in [3.05, 3.63) is 88.7 Å². The molecule has 0 fully saturated rings. The highest BCUT2D eigenvalue weighted by Crippen LogP contribution is 2.31. The minimum atomic E-state index is -4.07. The van der Waals surface area contributed by atoms with Crippen molar-refractivity contribution in [2.75, 3.05) is 16.2 Å². The first-order chi connectivity index (χ1) is 13.8. The summed E-state index contributed by atoms with van der Waals surface area (Å²) in [7, 11) is -4.07. The molecule has 0 aliphatic carbocycles. The Morgan fingerprint density at radius 2 is 1.76 bits per heavy atom. The van der Waals surface area contributed by atoms with Crippen molar-refractivity contribution in [2.45, 2.75) is 11.3 Å². The number of fused-ring (bicyclic) bond motifs is 1. The zero-order valence-corrected chi connectivity index (χ0v) is 16.7. The Bertz CT molecular complexity index is 1200. The van der Waals surface area contributed by atoms with Crippen LogP contribution in [0.2, 0.25) is 5.02 Å². The SMILES string of the molecule is O=C(c1ccc(Cl)c(S(=O)(=O)Nc2ccc(F)cc2)c1)N1CCc2ccccc21. The summed E-state index contributed by atoms with van der Waals surface area (Å²) in [5.41, 5.74) is 2.29. The van der Waals surface area contributed by atoms with Crippen LogP contribution in [0, 0.1) is 5.82 Å². The normalized spacial score (nSPS) is 13.2. The van der Waals surface area contributed by atoms with Crippen LogP contribution in [0.1, 0.15) is 15.9 Å². The van der Waals surface area contributed by atoms with E-state index in [-0.39, 0.29) is 27.1 Å². The van der Waals surface area contributed by atoms with Crippen molar-refractivity contribution >= 4 is 38.9 Å². The number of sulfonamides is 1. The fourth-order valence-electron chi connectivity index (χ4n) is 3.28. The van der Waals surface area contributed by atoms with Gasteiger partial charge in [0, 0.05) is 23.5 Å². The van der Waals surface area contributed by atoms with Crippen LogP contribution in [0.4, 0.5) is 15.8 Å². The summed E-state index contributed by atoms with van der Waals surface area (Å²) in [6, 6.07) is 16.6. The molecule has 0 saturated heterocycles. The van der Waals surface area contributed by atoms with Crippen LogP contribution in [0.3, 0.4) is 0 Å². The molecule has 8 heteroatoms. The third-order valence-corrected chi connectivity index (χ3v) is 6.56. The zero-order chi connectivity index (χ0) is 20.6. The Balaban J connectivity index is 1.66. The van der Waals surface area contributed by atoms with Crippen molar-refractivity contribution in [2.24, 2.45) is 0 Å². The van der Waals surface area contributed by atoms with Gasteiger partial charge >= 0.3 is 0 Å². The molecule has 1 heterocycles. The maximum Gasteiger partial charge on any atom is 0.263 e. The second-order valence-corrected chi connectivity index (χ2v) is 8.65. The van der Waals surface area contributed by atoms with Crippen LogP contribution in [0.5, 0.6) is 0 Å². The van der Waals surface area contributed by atoms with Gasteiger partial charge in [0.1, 0.15) is 10.7 Å². The van der Waals surface area contributed by atoms with E-state index in [0.717, 1.165) is 29.8 Å². The van der Waals surface area contributed by atoms with Gasteiger partial charge in [-0.2, -0.15) is 0 Å². The van der Waals surface area contributed by atoms with E-state index < -0.39 is 15.8 Å². The van der Waals surface area contributed by atoms with Gasteiger partial charge in [-0.15, -0.1) is 0 Å². The Kier molecular flexibility index (Phi) is 5.02. The van der Waals surface area contributed by atoms with Crippen LogP contribution >= 0.6 is 11.6 Å². The monoisotopic (exact) mass is 430 g/mol. The molecule has 0 aromatic heterocycles. The number of para-hydroxylation sites is 1. The first kappa shape index (κ1) is 19.4. The maximum absolute atomic E-state index is 13.1. The summed E-state index contributed by atoms with van der Waals surface area (Å²) < 4.78 is 41.0. The average Bonchev–Trinajstić information content (AvgIpc) is 3.13. The summed E-state index contributed by atoms with van der Waals surface area (Å²) in [5.74, 6) is -0.783. The smallest absolute Gasteiger partial charge is 0.263 e. The summed E-state index contributed by atoms with van der Waals surface area (Å²) in [6.45, 7) is 0.525. The highest BCUT2D eigenvalue weighted by atomic mass is 35.5. The fourth-order valence-corrected chi connectivity index (χ4v) is 4.86. The number of benzene rings is 3. The highest BCUT2D eigenvalue weighted by molar-refractivity contribution is 7.92. The lowest BCUT2D eigenvalue weighted by Gasteiger charge is -2.18. The molecule has 148 valence electrons. The lowest BCUT2D eigenvalue weighted by atomic mass is 10.1. The lowest BCUT2D eigenvalue weighted by Crippen LogP contribution is -2.29. The molecule has 29 heavy (non-hydrogen) atoms. The molecule has 0 unspecified atom stereocenters. The van der Waals surface area contributed by atoms with Crippen LogP contribution in [-0.4, -0.2) is 20.9 Å². The van der Waals surface area contributed by atoms with Gasteiger partial charge in [-0.1, -0.05) is 29.8 Å². The quantitative estimate of drug-likeness (QED) is 0.663. The van der Waals surface area contributed by atoms with E-state index in [4.69, 9.17) is 11.6 Å². The van der Waals surface area contributed by atoms with Crippen LogP contribution in [0.25, 0.3) is 0 Å². The van der Waals surface area contributed by atoms with Crippen LogP contribution in [-0.2, 0) is 16.4 Å². The molecule has 0 bridgehead atoms. The molecule has 0 atom stereocenters. The van der Waals surface area contributed by atoms with Crippen LogP contribution < -0.4 is 9.62 Å². The van der Waals surface area contributed by atoms with Gasteiger partial charge in [0.15, 0.2) is 0 Å². The predicted molar refractivity (Wildman–Crippen MR) is 110 cm³/mol. The summed E-state index contributed by atoms with van der Waals surface area (Å²) >= 11 is 6.11. The van der Waals surface area contributed by atoms with Gasteiger partial charge in [0.25, 0.3) is 15.9 Å². The van der Waals surface area contributed by atoms with E-state index in [2.05, 4.69) is 4.72 Å². The molecule has 3 aromatic rings. The lowest BCUT2D eigenvalue weighted by molar-refractivity contribution is 0.0989. The van der Waals surface area contributed by atoms with Gasteiger partial charge in [0.05, 0.1) is 5.02 Å². The second-order valence-electron chi connectivity index (χ2n) is 6.59. The third kappa shape index (κ3) is 3.83. The number of hydrogen-bond donors (Lipinski definition) is 1. The van der Waals surface area contributed by atoms with Crippen molar-refractivity contribution in [3.63, 3.8) is 0 Å². The second kappa shape index (κ2) is 7.50. The molecule has 1 amide bonds. The van der Waals surface area contributed by atoms with Crippen molar-refractivity contribution < 1.29 is 17.6 Å². The molecule has 0 spiro atoms. The van der Waals surface area contributed by atoms with E-state index in [0.29, 0.717) is 6.54 Å². The molecule has 0 radical (unpaired) electrons. The van der Waals surface area contributed by atoms with Crippen molar-refractivity contribution in [1.29, 1.82) is 0 Å². The number of amides is 1. The first-order valence-corrected chi connectivity index (χ1v) is 10.7. The Morgan fingerprint density at radius 3 is 2.52 bits per heavy atom. The Hall–Kier alpha value is -2.90. The van der Waals surface area contributed by atoms with E-state index in [1.165, 1.54) is 30.3 Å². The van der Waals surface area contributed by atoms with E-state index >= 15 is 0 Å². The predicted octanol–water partition coefficient (Wildman–Crippen LogP) is 4.48. The van der Waals surface area contributed by atoms with Gasteiger partial charge < -0.3 is 4.90 Å². The molecule has 1 N–H and O–H groups in total. The first-order valence-electron chi connectivity index (χ1n) is 8.83. The van der Waals surface area contributed by atoms with Gasteiger partial charge in [-0.3, -0.25) is 9.52 Å². The topological polar surface area (TPSA) is 66.5 Å². The summed E-state index contributed by atoms with van der Waals surface area (Å²) in [5, 5.41) is -0.0158. The number of rotatable bonds is 4. The Labute approximate surface area is 172 Å². The molecular weight excluding hydrogens is 415 g/mol. The number of nitrogens with one attached hydrogen (secondary N) is 1. The molecular formula is C21H16ClFN2O3S. The molecule has 1 aliphatic rings. The molecule has 0 saturated carbocycles. The number of anilines is 2. The fraction of sp³-hybridized carbons (Fsp3) is 0.0952. The standard InChI is InChI=1S/C21H16ClFN2O3S/c22-18-10-5-15(21(26)25-12-11-14-3-1-2-4-19(14)25)13-20(18)29(27,28)24-17-8-6-16(23)7-9-17/h1-10,13,24H,11-12H2. The minimum absolute atomic E-state index is 0.0158. The number of carbonyl (C=O) groups excluding carboxylic acids is 1. The molecule has 3 aromatic carbocycles. The number of nitrogens with zero attached hydrogens (tertiary/aromatic N) is 1. The number of hydrogen-bond acceptors (Lipinski definition) is 3. The van der Waals surface area contributed by atoms with E-state index in [1.54, 1.807) is 4.90 Å². The van der Waals surface area contributed by atoms with E-state index in [9.17, 15) is 17.6 Å². The summed E-state index contributed by atoms with van der Waals surface area (Å²) in [4.78, 5) is 14.4. The molecule has 4 rings (SSSR count). The Morgan fingerprint density at radius 1 is 1.03 bits per heavy atom. The highest BCUT2D eigenvalue weighted by Gasteiger charge is 2.27. The average molecular weight is 431 g/mol. The van der Waals surface area contributed by atoms with Crippen molar-refractivity contribution in [1.82, 2.24) is 0 Å². The van der Waals surface area contributed by atoms with Gasteiger partial charge in [-0.25, -0.2) is 12.8 Å². The van der Waals surface area contributed by atoms with Crippen molar-refractivity contribution in [3.8, 4) is 0 Å². The summed E-state index contributed by atoms with van der Waals surface area (Å²) in [6.07, 6.45) is 0.743. The maximum atomic E-state index is 13.1. The van der Waals surface area contributed by atoms with Gasteiger partial charge in [0.2, 0.25) is 0 Å².